The number of nitrogens with one attached hydrogen (secondary N) is 1. The second-order valence-corrected chi connectivity index (χ2v) is 4.51. The lowest BCUT2D eigenvalue weighted by molar-refractivity contribution is -0.138. The van der Waals surface area contributed by atoms with E-state index in [0.717, 1.165) is 11.3 Å². The summed E-state index contributed by atoms with van der Waals surface area (Å²) in [5.74, 6) is -1.33. The number of nitrogens with zero attached hydrogens (tertiary/aromatic N) is 1. The molecule has 0 saturated heterocycles. The van der Waals surface area contributed by atoms with Gasteiger partial charge in [0.2, 0.25) is 0 Å². The molecule has 14 heavy (non-hydrogen) atoms. The number of carboxylic acid groups (broad SMARTS) is 1. The Morgan fingerprint density at radius 1 is 1.57 bits per heavy atom. The lowest BCUT2D eigenvalue weighted by atomic mass is 9.86. The lowest BCUT2D eigenvalue weighted by Gasteiger charge is -2.19. The van der Waals surface area contributed by atoms with Gasteiger partial charge in [0.25, 0.3) is 0 Å². The molecule has 0 saturated carbocycles. The zero-order valence-corrected chi connectivity index (χ0v) is 8.96. The molecular formula is C10H16N2O2. The highest BCUT2D eigenvalue weighted by atomic mass is 16.4. The van der Waals surface area contributed by atoms with Crippen LogP contribution >= 0.6 is 0 Å². The number of H-pyrrole nitrogens is 1. The minimum atomic E-state index is -0.822. The summed E-state index contributed by atoms with van der Waals surface area (Å²) in [6.07, 6.45) is 1.60. The Morgan fingerprint density at radius 3 is 2.57 bits per heavy atom. The third kappa shape index (κ3) is 1.95. The van der Waals surface area contributed by atoms with Crippen molar-refractivity contribution in [2.75, 3.05) is 0 Å². The first-order valence-electron chi connectivity index (χ1n) is 4.60. The third-order valence-corrected chi connectivity index (χ3v) is 2.26. The van der Waals surface area contributed by atoms with Crippen molar-refractivity contribution < 1.29 is 9.90 Å². The van der Waals surface area contributed by atoms with Crippen molar-refractivity contribution in [1.82, 2.24) is 10.2 Å². The molecule has 4 nitrogen and oxygen atoms in total. The largest absolute Gasteiger partial charge is 0.481 e. The molecule has 0 aliphatic carbocycles. The molecule has 1 unspecified atom stereocenters. The summed E-state index contributed by atoms with van der Waals surface area (Å²) >= 11 is 0. The van der Waals surface area contributed by atoms with Gasteiger partial charge in [-0.1, -0.05) is 20.8 Å². The Kier molecular flexibility index (Phi) is 2.64. The Morgan fingerprint density at radius 2 is 2.14 bits per heavy atom. The molecule has 1 atom stereocenters. The van der Waals surface area contributed by atoms with Crippen molar-refractivity contribution in [3.8, 4) is 0 Å². The number of aromatic amines is 1. The average molecular weight is 196 g/mol. The number of carboxylic acids is 1. The molecule has 1 heterocycles. The van der Waals surface area contributed by atoms with Crippen molar-refractivity contribution in [3.63, 3.8) is 0 Å². The summed E-state index contributed by atoms with van der Waals surface area (Å²) < 4.78 is 0. The maximum Gasteiger partial charge on any atom is 0.310 e. The Bertz CT molecular complexity index is 336. The molecule has 4 heteroatoms. The summed E-state index contributed by atoms with van der Waals surface area (Å²) in [7, 11) is 0. The zero-order chi connectivity index (χ0) is 10.9. The second kappa shape index (κ2) is 3.44. The number of carbonyl (C=O) groups is 1. The van der Waals surface area contributed by atoms with Gasteiger partial charge in [-0.05, 0) is 6.92 Å². The van der Waals surface area contributed by atoms with Crippen LogP contribution in [0.4, 0.5) is 0 Å². The highest BCUT2D eigenvalue weighted by Crippen LogP contribution is 2.28. The summed E-state index contributed by atoms with van der Waals surface area (Å²) in [6.45, 7) is 7.75. The first kappa shape index (κ1) is 10.8. The van der Waals surface area contributed by atoms with Crippen molar-refractivity contribution in [1.29, 1.82) is 0 Å². The smallest absolute Gasteiger partial charge is 0.310 e. The van der Waals surface area contributed by atoms with E-state index in [4.69, 9.17) is 5.11 Å². The Balaban J connectivity index is 3.11. The molecule has 2 N–H and O–H groups in total. The molecule has 78 valence electrons. The predicted octanol–water partition coefficient (Wildman–Crippen LogP) is 1.90. The van der Waals surface area contributed by atoms with Crippen LogP contribution in [-0.2, 0) is 10.2 Å². The summed E-state index contributed by atoms with van der Waals surface area (Å²) in [4.78, 5) is 10.8. The van der Waals surface area contributed by atoms with E-state index in [-0.39, 0.29) is 5.41 Å². The van der Waals surface area contributed by atoms with E-state index in [1.807, 2.05) is 20.8 Å². The van der Waals surface area contributed by atoms with E-state index < -0.39 is 11.9 Å². The third-order valence-electron chi connectivity index (χ3n) is 2.26. The van der Waals surface area contributed by atoms with Gasteiger partial charge in [-0.2, -0.15) is 5.10 Å². The van der Waals surface area contributed by atoms with Crippen LogP contribution in [0.25, 0.3) is 0 Å². The molecule has 0 aromatic carbocycles. The predicted molar refractivity (Wildman–Crippen MR) is 53.3 cm³/mol. The van der Waals surface area contributed by atoms with E-state index in [2.05, 4.69) is 10.2 Å². The SMILES string of the molecule is CC(C(=O)O)c1cn[nH]c1C(C)(C)C. The Labute approximate surface area is 83.3 Å². The van der Waals surface area contributed by atoms with Gasteiger partial charge in [-0.15, -0.1) is 0 Å². The van der Waals surface area contributed by atoms with E-state index in [1.54, 1.807) is 13.1 Å². The quantitative estimate of drug-likeness (QED) is 0.759. The van der Waals surface area contributed by atoms with Crippen molar-refractivity contribution in [2.45, 2.75) is 39.0 Å². The molecule has 0 amide bonds. The summed E-state index contributed by atoms with van der Waals surface area (Å²) in [6, 6.07) is 0. The fourth-order valence-corrected chi connectivity index (χ4v) is 1.36. The van der Waals surface area contributed by atoms with Gasteiger partial charge < -0.3 is 5.11 Å². The molecule has 1 aromatic rings. The van der Waals surface area contributed by atoms with E-state index in [0.29, 0.717) is 0 Å². The van der Waals surface area contributed by atoms with Gasteiger partial charge in [-0.25, -0.2) is 0 Å². The molecule has 1 aromatic heterocycles. The molecule has 0 fully saturated rings. The van der Waals surface area contributed by atoms with E-state index in [9.17, 15) is 4.79 Å². The van der Waals surface area contributed by atoms with Crippen LogP contribution in [0.1, 0.15) is 44.9 Å². The molecule has 0 bridgehead atoms. The van der Waals surface area contributed by atoms with Gasteiger partial charge in [-0.3, -0.25) is 9.89 Å². The fraction of sp³-hybridized carbons (Fsp3) is 0.600. The van der Waals surface area contributed by atoms with Gasteiger partial charge in [0.05, 0.1) is 12.1 Å². The first-order valence-corrected chi connectivity index (χ1v) is 4.60. The normalized spacial score (nSPS) is 14.0. The second-order valence-electron chi connectivity index (χ2n) is 4.51. The molecular weight excluding hydrogens is 180 g/mol. The van der Waals surface area contributed by atoms with Gasteiger partial charge >= 0.3 is 5.97 Å². The van der Waals surface area contributed by atoms with Crippen LogP contribution in [-0.4, -0.2) is 21.3 Å². The molecule has 0 spiro atoms. The summed E-state index contributed by atoms with van der Waals surface area (Å²) in [5, 5.41) is 15.7. The van der Waals surface area contributed by atoms with Crippen molar-refractivity contribution in [3.05, 3.63) is 17.5 Å². The van der Waals surface area contributed by atoms with Crippen molar-refractivity contribution in [2.24, 2.45) is 0 Å². The Hall–Kier alpha value is -1.32. The molecule has 0 radical (unpaired) electrons. The number of hydrogen-bond donors (Lipinski definition) is 2. The van der Waals surface area contributed by atoms with E-state index in [1.165, 1.54) is 0 Å². The van der Waals surface area contributed by atoms with Gasteiger partial charge in [0.15, 0.2) is 0 Å². The van der Waals surface area contributed by atoms with Gasteiger partial charge in [0.1, 0.15) is 0 Å². The number of aliphatic carboxylic acids is 1. The van der Waals surface area contributed by atoms with Crippen LogP contribution < -0.4 is 0 Å². The van der Waals surface area contributed by atoms with Crippen LogP contribution in [0.3, 0.4) is 0 Å². The summed E-state index contributed by atoms with van der Waals surface area (Å²) in [5.41, 5.74) is 1.56. The topological polar surface area (TPSA) is 66.0 Å². The maximum atomic E-state index is 10.8. The fourth-order valence-electron chi connectivity index (χ4n) is 1.36. The highest BCUT2D eigenvalue weighted by Gasteiger charge is 2.25. The molecule has 0 aliphatic heterocycles. The number of hydrogen-bond acceptors (Lipinski definition) is 2. The minimum Gasteiger partial charge on any atom is -0.481 e. The van der Waals surface area contributed by atoms with Crippen LogP contribution in [0.2, 0.25) is 0 Å². The lowest BCUT2D eigenvalue weighted by Crippen LogP contribution is -2.17. The highest BCUT2D eigenvalue weighted by molar-refractivity contribution is 5.75. The van der Waals surface area contributed by atoms with Crippen LogP contribution in [0.5, 0.6) is 0 Å². The molecule has 1 rings (SSSR count). The monoisotopic (exact) mass is 196 g/mol. The molecule has 0 aliphatic rings. The van der Waals surface area contributed by atoms with E-state index >= 15 is 0 Å². The van der Waals surface area contributed by atoms with Crippen molar-refractivity contribution >= 4 is 5.97 Å². The maximum absolute atomic E-state index is 10.8. The first-order chi connectivity index (χ1) is 6.34. The number of aromatic nitrogens is 2. The minimum absolute atomic E-state index is 0.102. The zero-order valence-electron chi connectivity index (χ0n) is 8.96. The van der Waals surface area contributed by atoms with Gasteiger partial charge in [0, 0.05) is 16.7 Å². The number of rotatable bonds is 2. The van der Waals surface area contributed by atoms with Crippen LogP contribution in [0, 0.1) is 0 Å². The average Bonchev–Trinajstić information content (AvgIpc) is 2.48. The standard InChI is InChI=1S/C10H16N2O2/c1-6(9(13)14)7-5-11-12-8(7)10(2,3)4/h5-6H,1-4H3,(H,11,12)(H,13,14). The van der Waals surface area contributed by atoms with Crippen LogP contribution in [0.15, 0.2) is 6.20 Å².